The standard InChI is InChI=1S/C26H26N2O5/c1-3-32-24-11-18-10-20(14-27-26(31)17-8-6-5-7-9-17)28-15-19(16-29)23(30)13-22(28)21(18)12-25(24)33-4-2/h5-9,11-13,15-16,20H,3-4,10,14H2,1-2H3,(H,27,31). The SMILES string of the molecule is CCOc1cc2c(cc1OCC)-c1cc(=O)c(C=O)cn1C(CNC(=O)c1ccccc1)C2. The number of ether oxygens (including phenoxy) is 2. The number of amides is 1. The molecule has 0 radical (unpaired) electrons. The van der Waals surface area contributed by atoms with Crippen LogP contribution in [-0.2, 0) is 6.42 Å². The second kappa shape index (κ2) is 9.73. The predicted molar refractivity (Wildman–Crippen MR) is 125 cm³/mol. The topological polar surface area (TPSA) is 86.6 Å². The van der Waals surface area contributed by atoms with Gasteiger partial charge >= 0.3 is 0 Å². The van der Waals surface area contributed by atoms with Gasteiger partial charge in [0, 0.05) is 29.9 Å². The molecule has 33 heavy (non-hydrogen) atoms. The van der Waals surface area contributed by atoms with Gasteiger partial charge < -0.3 is 19.4 Å². The van der Waals surface area contributed by atoms with E-state index in [4.69, 9.17) is 9.47 Å². The van der Waals surface area contributed by atoms with E-state index in [1.54, 1.807) is 18.3 Å². The van der Waals surface area contributed by atoms with Crippen molar-refractivity contribution >= 4 is 12.2 Å². The minimum atomic E-state index is -0.344. The van der Waals surface area contributed by atoms with E-state index in [1.165, 1.54) is 6.07 Å². The van der Waals surface area contributed by atoms with Gasteiger partial charge in [0.1, 0.15) is 0 Å². The van der Waals surface area contributed by atoms with E-state index < -0.39 is 0 Å². The van der Waals surface area contributed by atoms with Crippen LogP contribution in [0, 0.1) is 0 Å². The molecule has 1 aliphatic rings. The Bertz CT molecular complexity index is 1230. The normalized spacial score (nSPS) is 14.1. The van der Waals surface area contributed by atoms with Gasteiger partial charge in [0.2, 0.25) is 0 Å². The van der Waals surface area contributed by atoms with Gasteiger partial charge in [-0.05, 0) is 50.1 Å². The molecule has 1 unspecified atom stereocenters. The first-order valence-corrected chi connectivity index (χ1v) is 11.0. The molecule has 3 aromatic rings. The number of benzene rings is 2. The van der Waals surface area contributed by atoms with E-state index in [1.807, 2.05) is 48.7 Å². The summed E-state index contributed by atoms with van der Waals surface area (Å²) in [5.41, 5.74) is 2.82. The number of fused-ring (bicyclic) bond motifs is 3. The molecule has 2 aromatic carbocycles. The highest BCUT2D eigenvalue weighted by Crippen LogP contribution is 2.41. The van der Waals surface area contributed by atoms with Crippen LogP contribution in [0.5, 0.6) is 11.5 Å². The first-order chi connectivity index (χ1) is 16.0. The number of pyridine rings is 1. The number of carbonyl (C=O) groups excluding carboxylic acids is 2. The van der Waals surface area contributed by atoms with E-state index in [9.17, 15) is 14.4 Å². The fraction of sp³-hybridized carbons (Fsp3) is 0.269. The lowest BCUT2D eigenvalue weighted by Crippen LogP contribution is -2.34. The third-order valence-corrected chi connectivity index (χ3v) is 5.66. The van der Waals surface area contributed by atoms with Crippen LogP contribution in [0.4, 0.5) is 0 Å². The van der Waals surface area contributed by atoms with E-state index >= 15 is 0 Å². The fourth-order valence-corrected chi connectivity index (χ4v) is 4.14. The molecule has 7 heteroatoms. The van der Waals surface area contributed by atoms with Crippen molar-refractivity contribution in [1.82, 2.24) is 9.88 Å². The molecule has 0 saturated carbocycles. The molecular formula is C26H26N2O5. The van der Waals surface area contributed by atoms with Crippen LogP contribution in [0.3, 0.4) is 0 Å². The zero-order valence-electron chi connectivity index (χ0n) is 18.7. The second-order valence-corrected chi connectivity index (χ2v) is 7.76. The van der Waals surface area contributed by atoms with Crippen molar-refractivity contribution < 1.29 is 19.1 Å². The van der Waals surface area contributed by atoms with E-state index in [0.717, 1.165) is 11.1 Å². The molecular weight excluding hydrogens is 420 g/mol. The Balaban J connectivity index is 1.74. The number of carbonyl (C=O) groups is 2. The predicted octanol–water partition coefficient (Wildman–Crippen LogP) is 3.65. The molecule has 0 bridgehead atoms. The van der Waals surface area contributed by atoms with Crippen LogP contribution in [0.25, 0.3) is 11.3 Å². The summed E-state index contributed by atoms with van der Waals surface area (Å²) < 4.78 is 13.5. The molecule has 0 fully saturated rings. The van der Waals surface area contributed by atoms with Gasteiger partial charge in [-0.2, -0.15) is 0 Å². The fourth-order valence-electron chi connectivity index (χ4n) is 4.14. The lowest BCUT2D eigenvalue weighted by Gasteiger charge is -2.31. The molecule has 7 nitrogen and oxygen atoms in total. The third-order valence-electron chi connectivity index (χ3n) is 5.66. The van der Waals surface area contributed by atoms with Gasteiger partial charge in [-0.15, -0.1) is 0 Å². The average Bonchev–Trinajstić information content (AvgIpc) is 2.83. The number of aromatic nitrogens is 1. The Morgan fingerprint density at radius 3 is 2.45 bits per heavy atom. The Labute approximate surface area is 192 Å². The average molecular weight is 447 g/mol. The number of rotatable bonds is 8. The summed E-state index contributed by atoms with van der Waals surface area (Å²) in [7, 11) is 0. The summed E-state index contributed by atoms with van der Waals surface area (Å²) in [6.45, 7) is 5.11. The first kappa shape index (κ1) is 22.3. The molecule has 170 valence electrons. The van der Waals surface area contributed by atoms with Gasteiger partial charge in [0.25, 0.3) is 5.91 Å². The molecule has 1 amide bonds. The number of nitrogens with zero attached hydrogens (tertiary/aromatic N) is 1. The van der Waals surface area contributed by atoms with Gasteiger partial charge in [-0.25, -0.2) is 0 Å². The molecule has 1 atom stereocenters. The maximum absolute atomic E-state index is 12.6. The maximum atomic E-state index is 12.6. The van der Waals surface area contributed by atoms with Gasteiger partial charge in [0.05, 0.1) is 30.5 Å². The zero-order valence-corrected chi connectivity index (χ0v) is 18.7. The molecule has 4 rings (SSSR count). The minimum Gasteiger partial charge on any atom is -0.490 e. The molecule has 1 aromatic heterocycles. The van der Waals surface area contributed by atoms with Crippen molar-refractivity contribution in [3.8, 4) is 22.8 Å². The summed E-state index contributed by atoms with van der Waals surface area (Å²) in [6, 6.07) is 14.1. The van der Waals surface area contributed by atoms with Crippen molar-refractivity contribution in [2.75, 3.05) is 19.8 Å². The van der Waals surface area contributed by atoms with Crippen LogP contribution in [-0.4, -0.2) is 36.5 Å². The monoisotopic (exact) mass is 446 g/mol. The molecule has 0 aliphatic carbocycles. The van der Waals surface area contributed by atoms with Crippen LogP contribution in [0.2, 0.25) is 0 Å². The summed E-state index contributed by atoms with van der Waals surface area (Å²) in [4.78, 5) is 36.6. The Morgan fingerprint density at radius 2 is 1.79 bits per heavy atom. The lowest BCUT2D eigenvalue weighted by molar-refractivity contribution is 0.0946. The molecule has 1 N–H and O–H groups in total. The first-order valence-electron chi connectivity index (χ1n) is 11.0. The molecule has 2 heterocycles. The quantitative estimate of drug-likeness (QED) is 0.534. The maximum Gasteiger partial charge on any atom is 0.251 e. The Kier molecular flexibility index (Phi) is 6.58. The summed E-state index contributed by atoms with van der Waals surface area (Å²) in [6.07, 6.45) is 2.73. The second-order valence-electron chi connectivity index (χ2n) is 7.76. The minimum absolute atomic E-state index is 0.0811. The van der Waals surface area contributed by atoms with Gasteiger partial charge in [-0.1, -0.05) is 18.2 Å². The highest BCUT2D eigenvalue weighted by Gasteiger charge is 2.27. The van der Waals surface area contributed by atoms with Gasteiger partial charge in [0.15, 0.2) is 23.2 Å². The van der Waals surface area contributed by atoms with Crippen molar-refractivity contribution in [2.45, 2.75) is 26.3 Å². The highest BCUT2D eigenvalue weighted by molar-refractivity contribution is 5.94. The number of hydrogen-bond donors (Lipinski definition) is 1. The highest BCUT2D eigenvalue weighted by atomic mass is 16.5. The lowest BCUT2D eigenvalue weighted by atomic mass is 9.91. The van der Waals surface area contributed by atoms with Crippen LogP contribution < -0.4 is 20.2 Å². The third kappa shape index (κ3) is 4.53. The van der Waals surface area contributed by atoms with Crippen LogP contribution >= 0.6 is 0 Å². The summed E-state index contributed by atoms with van der Waals surface area (Å²) >= 11 is 0. The molecule has 0 spiro atoms. The largest absolute Gasteiger partial charge is 0.490 e. The Hall–Kier alpha value is -3.87. The molecule has 1 aliphatic heterocycles. The Morgan fingerprint density at radius 1 is 1.09 bits per heavy atom. The number of aldehydes is 1. The number of hydrogen-bond acceptors (Lipinski definition) is 5. The van der Waals surface area contributed by atoms with E-state index in [-0.39, 0.29) is 22.9 Å². The van der Waals surface area contributed by atoms with Crippen molar-refractivity contribution in [2.24, 2.45) is 0 Å². The van der Waals surface area contributed by atoms with E-state index in [0.29, 0.717) is 55.2 Å². The molecule has 0 saturated heterocycles. The van der Waals surface area contributed by atoms with Crippen molar-refractivity contribution in [1.29, 1.82) is 0 Å². The zero-order chi connectivity index (χ0) is 23.4. The van der Waals surface area contributed by atoms with Crippen molar-refractivity contribution in [3.63, 3.8) is 0 Å². The van der Waals surface area contributed by atoms with E-state index in [2.05, 4.69) is 5.32 Å². The smallest absolute Gasteiger partial charge is 0.251 e. The summed E-state index contributed by atoms with van der Waals surface area (Å²) in [5.74, 6) is 1.07. The van der Waals surface area contributed by atoms with Gasteiger partial charge in [-0.3, -0.25) is 14.4 Å². The van der Waals surface area contributed by atoms with Crippen LogP contribution in [0.1, 0.15) is 46.2 Å². The van der Waals surface area contributed by atoms with Crippen LogP contribution in [0.15, 0.2) is 59.5 Å². The van der Waals surface area contributed by atoms with Crippen molar-refractivity contribution in [3.05, 3.63) is 81.6 Å². The summed E-state index contributed by atoms with van der Waals surface area (Å²) in [5, 5.41) is 2.98. The number of nitrogens with one attached hydrogen (secondary N) is 1.